The number of hydrogen-bond acceptors (Lipinski definition) is 3. The van der Waals surface area contributed by atoms with Crippen LogP contribution in [0.15, 0.2) is 42.7 Å². The first-order chi connectivity index (χ1) is 12.0. The lowest BCUT2D eigenvalue weighted by Crippen LogP contribution is -2.51. The maximum atomic E-state index is 12.4. The average molecular weight is 341 g/mol. The van der Waals surface area contributed by atoms with E-state index in [2.05, 4.69) is 0 Å². The Morgan fingerprint density at radius 2 is 1.80 bits per heavy atom. The van der Waals surface area contributed by atoms with Gasteiger partial charge in [-0.3, -0.25) is 9.59 Å². The van der Waals surface area contributed by atoms with Gasteiger partial charge in [-0.25, -0.2) is 0 Å². The van der Waals surface area contributed by atoms with Crippen molar-refractivity contribution in [2.24, 2.45) is 7.05 Å². The molecule has 6 nitrogen and oxygen atoms in total. The number of aromatic nitrogens is 1. The number of benzene rings is 1. The molecule has 2 aromatic rings. The van der Waals surface area contributed by atoms with Crippen molar-refractivity contribution >= 4 is 11.8 Å². The maximum absolute atomic E-state index is 12.4. The third-order valence-electron chi connectivity index (χ3n) is 4.35. The van der Waals surface area contributed by atoms with Gasteiger partial charge in [-0.05, 0) is 30.7 Å². The maximum Gasteiger partial charge on any atom is 0.260 e. The lowest BCUT2D eigenvalue weighted by molar-refractivity contribution is -0.134. The Morgan fingerprint density at radius 3 is 2.44 bits per heavy atom. The Kier molecular flexibility index (Phi) is 5.07. The van der Waals surface area contributed by atoms with E-state index in [4.69, 9.17) is 4.74 Å². The van der Waals surface area contributed by atoms with E-state index in [1.54, 1.807) is 9.80 Å². The molecule has 0 spiro atoms. The van der Waals surface area contributed by atoms with Gasteiger partial charge in [-0.1, -0.05) is 12.1 Å². The smallest absolute Gasteiger partial charge is 0.260 e. The Balaban J connectivity index is 1.48. The van der Waals surface area contributed by atoms with Crippen molar-refractivity contribution < 1.29 is 14.3 Å². The monoisotopic (exact) mass is 341 g/mol. The second kappa shape index (κ2) is 7.42. The van der Waals surface area contributed by atoms with Gasteiger partial charge in [0.05, 0.1) is 5.56 Å². The molecule has 6 heteroatoms. The molecule has 2 heterocycles. The van der Waals surface area contributed by atoms with E-state index in [0.717, 1.165) is 5.56 Å². The molecule has 1 fully saturated rings. The zero-order chi connectivity index (χ0) is 17.8. The zero-order valence-electron chi connectivity index (χ0n) is 14.6. The zero-order valence-corrected chi connectivity index (χ0v) is 14.6. The summed E-state index contributed by atoms with van der Waals surface area (Å²) in [6.45, 7) is 4.17. The summed E-state index contributed by atoms with van der Waals surface area (Å²) in [6, 6.07) is 9.46. The summed E-state index contributed by atoms with van der Waals surface area (Å²) in [5, 5.41) is 0. The Morgan fingerprint density at radius 1 is 1.08 bits per heavy atom. The molecule has 0 N–H and O–H groups in total. The minimum absolute atomic E-state index is 0.0173. The lowest BCUT2D eigenvalue weighted by atomic mass is 10.2. The van der Waals surface area contributed by atoms with Gasteiger partial charge in [0.1, 0.15) is 5.75 Å². The second-order valence-electron chi connectivity index (χ2n) is 6.34. The Labute approximate surface area is 147 Å². The minimum atomic E-state index is -0.0479. The Hall–Kier alpha value is -2.76. The molecule has 1 aliphatic heterocycles. The van der Waals surface area contributed by atoms with Crippen LogP contribution in [-0.2, 0) is 11.8 Å². The first-order valence-corrected chi connectivity index (χ1v) is 8.41. The fourth-order valence-corrected chi connectivity index (χ4v) is 2.91. The van der Waals surface area contributed by atoms with Crippen molar-refractivity contribution in [3.8, 4) is 5.75 Å². The topological polar surface area (TPSA) is 54.8 Å². The molecule has 2 amide bonds. The van der Waals surface area contributed by atoms with Gasteiger partial charge in [-0.2, -0.15) is 0 Å². The van der Waals surface area contributed by atoms with Gasteiger partial charge in [0.2, 0.25) is 0 Å². The molecule has 0 radical (unpaired) electrons. The largest absolute Gasteiger partial charge is 0.484 e. The number of carbonyl (C=O) groups excluding carboxylic acids is 2. The summed E-state index contributed by atoms with van der Waals surface area (Å²) in [6.07, 6.45) is 3.67. The summed E-state index contributed by atoms with van der Waals surface area (Å²) >= 11 is 0. The molecule has 1 saturated heterocycles. The van der Waals surface area contributed by atoms with Crippen molar-refractivity contribution in [2.75, 3.05) is 32.8 Å². The molecule has 0 atom stereocenters. The van der Waals surface area contributed by atoms with E-state index < -0.39 is 0 Å². The summed E-state index contributed by atoms with van der Waals surface area (Å²) in [4.78, 5) is 28.3. The van der Waals surface area contributed by atoms with Crippen molar-refractivity contribution in [3.63, 3.8) is 0 Å². The molecule has 0 bridgehead atoms. The minimum Gasteiger partial charge on any atom is -0.484 e. The summed E-state index contributed by atoms with van der Waals surface area (Å²) in [5.74, 6) is 0.670. The molecule has 1 aliphatic rings. The highest BCUT2D eigenvalue weighted by molar-refractivity contribution is 5.94. The predicted molar refractivity (Wildman–Crippen MR) is 94.6 cm³/mol. The summed E-state index contributed by atoms with van der Waals surface area (Å²) in [5.41, 5.74) is 1.78. The van der Waals surface area contributed by atoms with Gasteiger partial charge < -0.3 is 19.1 Å². The van der Waals surface area contributed by atoms with E-state index in [-0.39, 0.29) is 18.4 Å². The summed E-state index contributed by atoms with van der Waals surface area (Å²) in [7, 11) is 1.89. The highest BCUT2D eigenvalue weighted by atomic mass is 16.5. The number of carbonyl (C=O) groups is 2. The molecular weight excluding hydrogens is 318 g/mol. The number of rotatable bonds is 4. The van der Waals surface area contributed by atoms with E-state index in [1.807, 2.05) is 61.3 Å². The highest BCUT2D eigenvalue weighted by Gasteiger charge is 2.25. The first-order valence-electron chi connectivity index (χ1n) is 8.41. The van der Waals surface area contributed by atoms with Crippen molar-refractivity contribution in [1.29, 1.82) is 0 Å². The van der Waals surface area contributed by atoms with Crippen LogP contribution in [0, 0.1) is 6.92 Å². The van der Waals surface area contributed by atoms with E-state index in [0.29, 0.717) is 37.5 Å². The number of hydrogen-bond donors (Lipinski definition) is 0. The molecule has 0 unspecified atom stereocenters. The van der Waals surface area contributed by atoms with Crippen LogP contribution in [0.5, 0.6) is 5.75 Å². The van der Waals surface area contributed by atoms with Crippen LogP contribution in [0.4, 0.5) is 0 Å². The SMILES string of the molecule is Cc1cccc(OCC(=O)N2CCN(C(=O)c3ccn(C)c3)CC2)c1. The van der Waals surface area contributed by atoms with Gasteiger partial charge in [0, 0.05) is 45.6 Å². The molecule has 0 saturated carbocycles. The third-order valence-corrected chi connectivity index (χ3v) is 4.35. The molecule has 132 valence electrons. The van der Waals surface area contributed by atoms with Crippen LogP contribution in [0.2, 0.25) is 0 Å². The predicted octanol–water partition coefficient (Wildman–Crippen LogP) is 1.70. The number of nitrogens with zero attached hydrogens (tertiary/aromatic N) is 3. The van der Waals surface area contributed by atoms with Crippen LogP contribution in [0.25, 0.3) is 0 Å². The van der Waals surface area contributed by atoms with Crippen molar-refractivity contribution in [1.82, 2.24) is 14.4 Å². The van der Waals surface area contributed by atoms with E-state index in [1.165, 1.54) is 0 Å². The number of amides is 2. The van der Waals surface area contributed by atoms with Crippen LogP contribution in [0.3, 0.4) is 0 Å². The van der Waals surface area contributed by atoms with Gasteiger partial charge in [-0.15, -0.1) is 0 Å². The summed E-state index contributed by atoms with van der Waals surface area (Å²) < 4.78 is 7.43. The van der Waals surface area contributed by atoms with Crippen LogP contribution < -0.4 is 4.74 Å². The third kappa shape index (κ3) is 4.21. The highest BCUT2D eigenvalue weighted by Crippen LogP contribution is 2.13. The van der Waals surface area contributed by atoms with Gasteiger partial charge in [0.25, 0.3) is 11.8 Å². The second-order valence-corrected chi connectivity index (χ2v) is 6.34. The molecule has 1 aromatic carbocycles. The first kappa shape index (κ1) is 17.1. The quantitative estimate of drug-likeness (QED) is 0.850. The van der Waals surface area contributed by atoms with Gasteiger partial charge >= 0.3 is 0 Å². The van der Waals surface area contributed by atoms with Crippen LogP contribution >= 0.6 is 0 Å². The normalized spacial score (nSPS) is 14.5. The average Bonchev–Trinajstić information content (AvgIpc) is 3.06. The van der Waals surface area contributed by atoms with E-state index in [9.17, 15) is 9.59 Å². The molecule has 25 heavy (non-hydrogen) atoms. The van der Waals surface area contributed by atoms with Crippen LogP contribution in [0.1, 0.15) is 15.9 Å². The number of ether oxygens (including phenoxy) is 1. The number of aryl methyl sites for hydroxylation is 2. The fourth-order valence-electron chi connectivity index (χ4n) is 2.91. The molecular formula is C19H23N3O3. The van der Waals surface area contributed by atoms with Crippen molar-refractivity contribution in [3.05, 3.63) is 53.9 Å². The molecule has 1 aromatic heterocycles. The fraction of sp³-hybridized carbons (Fsp3) is 0.368. The van der Waals surface area contributed by atoms with E-state index >= 15 is 0 Å². The number of piperazine rings is 1. The molecule has 0 aliphatic carbocycles. The standard InChI is InChI=1S/C19H23N3O3/c1-15-4-3-5-17(12-15)25-14-18(23)21-8-10-22(11-9-21)19(24)16-6-7-20(2)13-16/h3-7,12-13H,8-11,14H2,1-2H3. The Bertz CT molecular complexity index is 761. The van der Waals surface area contributed by atoms with Gasteiger partial charge in [0.15, 0.2) is 6.61 Å². The lowest BCUT2D eigenvalue weighted by Gasteiger charge is -2.34. The van der Waals surface area contributed by atoms with Crippen LogP contribution in [-0.4, -0.2) is 59.0 Å². The molecule has 3 rings (SSSR count). The van der Waals surface area contributed by atoms with Crippen molar-refractivity contribution in [2.45, 2.75) is 6.92 Å².